The molecule has 12 heteroatoms. The third-order valence-electron chi connectivity index (χ3n) is 4.84. The summed E-state index contributed by atoms with van der Waals surface area (Å²) >= 11 is 6.93. The van der Waals surface area contributed by atoms with Gasteiger partial charge in [0, 0.05) is 17.0 Å². The normalized spacial score (nSPS) is 11.5. The molecule has 0 bridgehead atoms. The lowest BCUT2D eigenvalue weighted by atomic mass is 10.1. The highest BCUT2D eigenvalue weighted by atomic mass is 35.5. The molecule has 8 nitrogen and oxygen atoms in total. The van der Waals surface area contributed by atoms with Crippen LogP contribution in [-0.2, 0) is 21.3 Å². The number of carbonyl (C=O) groups excluding carboxylic acids is 1. The first-order valence-corrected chi connectivity index (χ1v) is 13.1. The highest BCUT2D eigenvalue weighted by molar-refractivity contribution is 7.87. The van der Waals surface area contributed by atoms with Gasteiger partial charge < -0.3 is 4.18 Å². The van der Waals surface area contributed by atoms with Gasteiger partial charge in [-0.2, -0.15) is 13.7 Å². The summed E-state index contributed by atoms with van der Waals surface area (Å²) in [5.41, 5.74) is 0.703. The summed E-state index contributed by atoms with van der Waals surface area (Å²) in [6.45, 7) is 0. The van der Waals surface area contributed by atoms with Crippen LogP contribution in [0.25, 0.3) is 6.08 Å². The lowest BCUT2D eigenvalue weighted by Crippen LogP contribution is -2.13. The van der Waals surface area contributed by atoms with Crippen molar-refractivity contribution < 1.29 is 21.8 Å². The van der Waals surface area contributed by atoms with Crippen molar-refractivity contribution in [2.24, 2.45) is 0 Å². The van der Waals surface area contributed by atoms with E-state index in [-0.39, 0.29) is 32.7 Å². The van der Waals surface area contributed by atoms with Crippen LogP contribution in [0.15, 0.2) is 83.3 Å². The molecule has 0 aliphatic rings. The average Bonchev–Trinajstić information content (AvgIpc) is 3.31. The van der Waals surface area contributed by atoms with Crippen LogP contribution < -0.4 is 9.50 Å². The van der Waals surface area contributed by atoms with Gasteiger partial charge in [0.25, 0.3) is 5.91 Å². The van der Waals surface area contributed by atoms with E-state index < -0.39 is 16.0 Å². The fraction of sp³-hybridized carbons (Fsp3) is 0.0400. The van der Waals surface area contributed by atoms with E-state index in [2.05, 4.69) is 15.5 Å². The molecule has 0 fully saturated rings. The van der Waals surface area contributed by atoms with Crippen LogP contribution in [0.3, 0.4) is 0 Å². The average molecular weight is 555 g/mol. The first kappa shape index (κ1) is 26.0. The monoisotopic (exact) mass is 554 g/mol. The van der Waals surface area contributed by atoms with Crippen LogP contribution in [0.2, 0.25) is 5.02 Å². The van der Waals surface area contributed by atoms with Gasteiger partial charge in [0.2, 0.25) is 5.13 Å². The smallest absolute Gasteiger partial charge is 0.339 e. The number of nitrogens with one attached hydrogen (secondary N) is 1. The molecule has 1 heterocycles. The topological polar surface area (TPSA) is 122 Å². The van der Waals surface area contributed by atoms with Crippen LogP contribution in [0, 0.1) is 17.1 Å². The van der Waals surface area contributed by atoms with E-state index in [1.54, 1.807) is 30.3 Å². The van der Waals surface area contributed by atoms with Crippen molar-refractivity contribution >= 4 is 50.2 Å². The standard InChI is InChI=1S/C25H16ClFN4O4S2/c26-19-7-11-21(12-8-19)37(33,34)35-22-4-2-1-3-17(22)14-18(15-28)24(32)29-25-31-30-23(36-25)13-16-5-9-20(27)10-6-16/h1-12,14H,13H2,(H,29,31,32)/b18-14+. The number of anilines is 1. The molecule has 0 unspecified atom stereocenters. The van der Waals surface area contributed by atoms with E-state index in [0.29, 0.717) is 16.5 Å². The van der Waals surface area contributed by atoms with E-state index in [4.69, 9.17) is 15.8 Å². The van der Waals surface area contributed by atoms with Crippen molar-refractivity contribution in [1.82, 2.24) is 10.2 Å². The summed E-state index contributed by atoms with van der Waals surface area (Å²) < 4.78 is 43.7. The number of benzene rings is 3. The van der Waals surface area contributed by atoms with E-state index in [0.717, 1.165) is 16.9 Å². The Labute approximate surface area is 220 Å². The number of hydrogen-bond acceptors (Lipinski definition) is 8. The molecule has 3 aromatic carbocycles. The Morgan fingerprint density at radius 1 is 1.08 bits per heavy atom. The van der Waals surface area contributed by atoms with Gasteiger partial charge in [0.15, 0.2) is 0 Å². The molecule has 0 atom stereocenters. The first-order chi connectivity index (χ1) is 17.7. The van der Waals surface area contributed by atoms with Crippen LogP contribution in [0.5, 0.6) is 5.75 Å². The maximum Gasteiger partial charge on any atom is 0.339 e. The van der Waals surface area contributed by atoms with Crippen LogP contribution >= 0.6 is 22.9 Å². The number of carbonyl (C=O) groups is 1. The fourth-order valence-electron chi connectivity index (χ4n) is 3.06. The number of nitrogens with zero attached hydrogens (tertiary/aromatic N) is 3. The van der Waals surface area contributed by atoms with Crippen molar-refractivity contribution in [2.45, 2.75) is 11.3 Å². The fourth-order valence-corrected chi connectivity index (χ4v) is 4.91. The number of amides is 1. The summed E-state index contributed by atoms with van der Waals surface area (Å²) in [6.07, 6.45) is 1.60. The molecular formula is C25H16ClFN4O4S2. The van der Waals surface area contributed by atoms with Crippen molar-refractivity contribution in [2.75, 3.05) is 5.32 Å². The largest absolute Gasteiger partial charge is 0.378 e. The van der Waals surface area contributed by atoms with Crippen LogP contribution in [0.1, 0.15) is 16.1 Å². The number of halogens is 2. The zero-order valence-electron chi connectivity index (χ0n) is 18.8. The minimum absolute atomic E-state index is 0.0736. The van der Waals surface area contributed by atoms with E-state index in [9.17, 15) is 22.9 Å². The van der Waals surface area contributed by atoms with Crippen LogP contribution in [-0.4, -0.2) is 24.5 Å². The molecule has 1 aromatic heterocycles. The van der Waals surface area contributed by atoms with Gasteiger partial charge in [-0.25, -0.2) is 4.39 Å². The molecule has 4 rings (SSSR count). The second-order valence-corrected chi connectivity index (χ2v) is 10.5. The molecule has 1 amide bonds. The van der Waals surface area contributed by atoms with Gasteiger partial charge in [-0.15, -0.1) is 10.2 Å². The zero-order chi connectivity index (χ0) is 26.4. The summed E-state index contributed by atoms with van der Waals surface area (Å²) in [5, 5.41) is 21.1. The molecule has 0 radical (unpaired) electrons. The summed E-state index contributed by atoms with van der Waals surface area (Å²) in [4.78, 5) is 12.6. The third-order valence-corrected chi connectivity index (χ3v) is 7.18. The minimum Gasteiger partial charge on any atom is -0.378 e. The summed E-state index contributed by atoms with van der Waals surface area (Å²) in [6, 6.07) is 19.2. The predicted molar refractivity (Wildman–Crippen MR) is 137 cm³/mol. The molecule has 0 saturated heterocycles. The molecule has 1 N–H and O–H groups in total. The second kappa shape index (κ2) is 11.3. The van der Waals surface area contributed by atoms with E-state index in [1.807, 2.05) is 0 Å². The highest BCUT2D eigenvalue weighted by Gasteiger charge is 2.19. The van der Waals surface area contributed by atoms with E-state index in [1.165, 1.54) is 54.6 Å². The number of rotatable bonds is 8. The van der Waals surface area contributed by atoms with Crippen LogP contribution in [0.4, 0.5) is 9.52 Å². The van der Waals surface area contributed by atoms with Crippen molar-refractivity contribution in [3.63, 3.8) is 0 Å². The first-order valence-electron chi connectivity index (χ1n) is 10.5. The Morgan fingerprint density at radius 3 is 2.49 bits per heavy atom. The molecule has 0 spiro atoms. The van der Waals surface area contributed by atoms with Crippen molar-refractivity contribution in [3.05, 3.63) is 105 Å². The molecule has 0 aliphatic heterocycles. The Morgan fingerprint density at radius 2 is 1.78 bits per heavy atom. The summed E-state index contributed by atoms with van der Waals surface area (Å²) in [7, 11) is -4.20. The SMILES string of the molecule is N#C/C(=C\c1ccccc1OS(=O)(=O)c1ccc(Cl)cc1)C(=O)Nc1nnc(Cc2ccc(F)cc2)s1. The Bertz CT molecular complexity index is 1610. The summed E-state index contributed by atoms with van der Waals surface area (Å²) in [5.74, 6) is -1.18. The third kappa shape index (κ3) is 6.77. The molecular weight excluding hydrogens is 539 g/mol. The highest BCUT2D eigenvalue weighted by Crippen LogP contribution is 2.26. The van der Waals surface area contributed by atoms with Gasteiger partial charge >= 0.3 is 10.1 Å². The lowest BCUT2D eigenvalue weighted by molar-refractivity contribution is -0.112. The molecule has 37 heavy (non-hydrogen) atoms. The maximum absolute atomic E-state index is 13.1. The number of nitriles is 1. The molecule has 0 saturated carbocycles. The van der Waals surface area contributed by atoms with Crippen molar-refractivity contribution in [3.8, 4) is 11.8 Å². The van der Waals surface area contributed by atoms with Gasteiger partial charge in [0.05, 0.1) is 0 Å². The molecule has 4 aromatic rings. The molecule has 186 valence electrons. The maximum atomic E-state index is 13.1. The zero-order valence-corrected chi connectivity index (χ0v) is 21.1. The van der Waals surface area contributed by atoms with Gasteiger partial charge in [0.1, 0.15) is 33.1 Å². The quantitative estimate of drug-likeness (QED) is 0.180. The second-order valence-electron chi connectivity index (χ2n) is 7.46. The molecule has 0 aliphatic carbocycles. The van der Waals surface area contributed by atoms with Gasteiger partial charge in [-0.1, -0.05) is 53.3 Å². The number of hydrogen-bond donors (Lipinski definition) is 1. The minimum atomic E-state index is -4.20. The Kier molecular flexibility index (Phi) is 7.93. The van der Waals surface area contributed by atoms with E-state index >= 15 is 0 Å². The number of aromatic nitrogens is 2. The Balaban J connectivity index is 1.50. The predicted octanol–water partition coefficient (Wildman–Crippen LogP) is 5.23. The number of para-hydroxylation sites is 1. The van der Waals surface area contributed by atoms with Gasteiger partial charge in [-0.3, -0.25) is 10.1 Å². The lowest BCUT2D eigenvalue weighted by Gasteiger charge is -2.10. The van der Waals surface area contributed by atoms with Gasteiger partial charge in [-0.05, 0) is 54.1 Å². The van der Waals surface area contributed by atoms with Crippen molar-refractivity contribution in [1.29, 1.82) is 5.26 Å². The Hall–Kier alpha value is -4.11.